The zero-order chi connectivity index (χ0) is 21.3. The average Bonchev–Trinajstić information content (AvgIpc) is 2.78. The van der Waals surface area contributed by atoms with Crippen molar-refractivity contribution in [3.8, 4) is 0 Å². The van der Waals surface area contributed by atoms with Crippen molar-refractivity contribution >= 4 is 22.5 Å². The molecule has 156 valence electrons. The van der Waals surface area contributed by atoms with Crippen LogP contribution in [0.2, 0.25) is 0 Å². The first-order valence-electron chi connectivity index (χ1n) is 10.7. The maximum atomic E-state index is 13.2. The molecule has 0 bridgehead atoms. The van der Waals surface area contributed by atoms with E-state index >= 15 is 0 Å². The summed E-state index contributed by atoms with van der Waals surface area (Å²) >= 11 is 0. The van der Waals surface area contributed by atoms with Crippen molar-refractivity contribution in [1.82, 2.24) is 9.47 Å². The number of likely N-dealkylation sites (tertiary alicyclic amines) is 1. The number of benzene rings is 2. The van der Waals surface area contributed by atoms with Crippen LogP contribution in [0.25, 0.3) is 10.9 Å². The van der Waals surface area contributed by atoms with Gasteiger partial charge in [-0.1, -0.05) is 18.2 Å². The van der Waals surface area contributed by atoms with Gasteiger partial charge in [0.25, 0.3) is 11.5 Å². The van der Waals surface area contributed by atoms with Crippen LogP contribution in [0.15, 0.2) is 59.4 Å². The maximum Gasteiger partial charge on any atom is 0.258 e. The monoisotopic (exact) mass is 403 g/mol. The van der Waals surface area contributed by atoms with Crippen molar-refractivity contribution in [3.63, 3.8) is 0 Å². The molecule has 3 aromatic rings. The lowest BCUT2D eigenvalue weighted by atomic mass is 9.87. The Morgan fingerprint density at radius 1 is 1.07 bits per heavy atom. The fraction of sp³-hybridized carbons (Fsp3) is 0.360. The van der Waals surface area contributed by atoms with E-state index < -0.39 is 0 Å². The molecule has 0 radical (unpaired) electrons. The molecule has 4 rings (SSSR count). The second kappa shape index (κ2) is 8.44. The van der Waals surface area contributed by atoms with Gasteiger partial charge in [-0.05, 0) is 81.7 Å². The van der Waals surface area contributed by atoms with Gasteiger partial charge in [-0.3, -0.25) is 9.59 Å². The van der Waals surface area contributed by atoms with Crippen LogP contribution in [0.5, 0.6) is 0 Å². The lowest BCUT2D eigenvalue weighted by Gasteiger charge is -2.30. The number of hydrogen-bond donors (Lipinski definition) is 0. The molecule has 1 aliphatic heterocycles. The molecule has 2 heterocycles. The maximum absolute atomic E-state index is 13.2. The minimum absolute atomic E-state index is 0.0411. The fourth-order valence-electron chi connectivity index (χ4n) is 4.49. The zero-order valence-electron chi connectivity index (χ0n) is 18.0. The highest BCUT2D eigenvalue weighted by atomic mass is 16.2. The largest absolute Gasteiger partial charge is 0.311 e. The Balaban J connectivity index is 1.80. The van der Waals surface area contributed by atoms with Crippen LogP contribution >= 0.6 is 0 Å². The fourth-order valence-corrected chi connectivity index (χ4v) is 4.49. The van der Waals surface area contributed by atoms with Crippen LogP contribution in [0.4, 0.5) is 5.69 Å². The topological polar surface area (TPSA) is 45.6 Å². The molecule has 1 fully saturated rings. The molecule has 0 unspecified atom stereocenters. The van der Waals surface area contributed by atoms with E-state index in [-0.39, 0.29) is 11.5 Å². The molecule has 1 amide bonds. The summed E-state index contributed by atoms with van der Waals surface area (Å²) in [7, 11) is 3.94. The molecule has 0 aliphatic carbocycles. The Bertz CT molecular complexity index is 1110. The Morgan fingerprint density at radius 3 is 2.43 bits per heavy atom. The molecular weight excluding hydrogens is 374 g/mol. The van der Waals surface area contributed by atoms with Gasteiger partial charge in [0.1, 0.15) is 0 Å². The van der Waals surface area contributed by atoms with Crippen molar-refractivity contribution in [2.24, 2.45) is 0 Å². The first-order valence-corrected chi connectivity index (χ1v) is 10.7. The van der Waals surface area contributed by atoms with Gasteiger partial charge in [0, 0.05) is 36.3 Å². The number of pyridine rings is 1. The Morgan fingerprint density at radius 2 is 1.77 bits per heavy atom. The number of fused-ring (bicyclic) bond motifs is 1. The summed E-state index contributed by atoms with van der Waals surface area (Å²) in [4.78, 5) is 30.0. The molecule has 1 aromatic heterocycles. The highest BCUT2D eigenvalue weighted by molar-refractivity contribution is 6.07. The Labute approximate surface area is 177 Å². The number of nitrogens with zero attached hydrogens (tertiary/aromatic N) is 3. The van der Waals surface area contributed by atoms with Gasteiger partial charge in [-0.15, -0.1) is 0 Å². The molecule has 5 nitrogen and oxygen atoms in total. The number of aromatic nitrogens is 1. The lowest BCUT2D eigenvalue weighted by molar-refractivity contribution is 0.0993. The molecule has 0 spiro atoms. The van der Waals surface area contributed by atoms with Crippen LogP contribution in [-0.2, 0) is 6.54 Å². The van der Waals surface area contributed by atoms with Gasteiger partial charge >= 0.3 is 0 Å². The predicted octanol–water partition coefficient (Wildman–Crippen LogP) is 4.11. The highest BCUT2D eigenvalue weighted by Crippen LogP contribution is 2.32. The Kier molecular flexibility index (Phi) is 5.73. The average molecular weight is 404 g/mol. The predicted molar refractivity (Wildman–Crippen MR) is 123 cm³/mol. The number of amides is 1. The second-order valence-corrected chi connectivity index (χ2v) is 8.19. The third-order valence-corrected chi connectivity index (χ3v) is 6.31. The standard InChI is InChI=1S/C25H29N3O2/c1-4-28-23-11-10-19(25(30)27(3)20-8-6-5-7-9-20)16-22(23)21(17-24(28)29)18-12-14-26(2)15-13-18/h5-11,16-18H,4,12-15H2,1-3H3. The van der Waals surface area contributed by atoms with Gasteiger partial charge in [-0.2, -0.15) is 0 Å². The van der Waals surface area contributed by atoms with Crippen LogP contribution < -0.4 is 10.5 Å². The number of hydrogen-bond acceptors (Lipinski definition) is 3. The molecule has 30 heavy (non-hydrogen) atoms. The van der Waals surface area contributed by atoms with Crippen molar-refractivity contribution in [2.45, 2.75) is 32.2 Å². The molecule has 1 aliphatic rings. The van der Waals surface area contributed by atoms with E-state index in [1.165, 1.54) is 0 Å². The Hall–Kier alpha value is -2.92. The van der Waals surface area contributed by atoms with E-state index in [2.05, 4.69) is 11.9 Å². The number of para-hydroxylation sites is 1. The van der Waals surface area contributed by atoms with Crippen molar-refractivity contribution < 1.29 is 4.79 Å². The molecular formula is C25H29N3O2. The number of aryl methyl sites for hydroxylation is 1. The second-order valence-electron chi connectivity index (χ2n) is 8.19. The smallest absolute Gasteiger partial charge is 0.258 e. The molecule has 5 heteroatoms. The van der Waals surface area contributed by atoms with Crippen LogP contribution in [0, 0.1) is 0 Å². The van der Waals surface area contributed by atoms with Crippen LogP contribution in [-0.4, -0.2) is 42.6 Å². The van der Waals surface area contributed by atoms with Gasteiger partial charge < -0.3 is 14.4 Å². The molecule has 0 saturated carbocycles. The van der Waals surface area contributed by atoms with E-state index in [9.17, 15) is 9.59 Å². The molecule has 0 N–H and O–H groups in total. The van der Waals surface area contributed by atoms with Gasteiger partial charge in [0.2, 0.25) is 0 Å². The normalized spacial score (nSPS) is 15.4. The summed E-state index contributed by atoms with van der Waals surface area (Å²) in [5.41, 5.74) is 3.54. The number of piperidine rings is 1. The van der Waals surface area contributed by atoms with E-state index in [1.807, 2.05) is 55.5 Å². The van der Waals surface area contributed by atoms with E-state index in [0.29, 0.717) is 18.0 Å². The number of carbonyl (C=O) groups excluding carboxylic acids is 1. The summed E-state index contributed by atoms with van der Waals surface area (Å²) in [6, 6.07) is 17.2. The number of carbonyl (C=O) groups is 1. The van der Waals surface area contributed by atoms with Crippen molar-refractivity contribution in [1.29, 1.82) is 0 Å². The molecule has 0 atom stereocenters. The summed E-state index contributed by atoms with van der Waals surface area (Å²) in [6.45, 7) is 4.65. The summed E-state index contributed by atoms with van der Waals surface area (Å²) in [5, 5.41) is 1.03. The zero-order valence-corrected chi connectivity index (χ0v) is 18.0. The number of rotatable bonds is 4. The minimum Gasteiger partial charge on any atom is -0.311 e. The quantitative estimate of drug-likeness (QED) is 0.659. The van der Waals surface area contributed by atoms with Gasteiger partial charge in [0.05, 0.1) is 5.52 Å². The summed E-state index contributed by atoms with van der Waals surface area (Å²) in [5.74, 6) is 0.298. The molecule has 2 aromatic carbocycles. The molecule has 1 saturated heterocycles. The van der Waals surface area contributed by atoms with Crippen LogP contribution in [0.1, 0.15) is 41.6 Å². The van der Waals surface area contributed by atoms with E-state index in [1.54, 1.807) is 22.6 Å². The third-order valence-electron chi connectivity index (χ3n) is 6.31. The SMILES string of the molecule is CCn1c(=O)cc(C2CCN(C)CC2)c2cc(C(=O)N(C)c3ccccc3)ccc21. The summed E-state index contributed by atoms with van der Waals surface area (Å²) < 4.78 is 1.79. The van der Waals surface area contributed by atoms with E-state index in [0.717, 1.165) is 48.1 Å². The highest BCUT2D eigenvalue weighted by Gasteiger charge is 2.23. The van der Waals surface area contributed by atoms with Crippen molar-refractivity contribution in [2.75, 3.05) is 32.1 Å². The minimum atomic E-state index is -0.0494. The van der Waals surface area contributed by atoms with E-state index in [4.69, 9.17) is 0 Å². The lowest BCUT2D eigenvalue weighted by Crippen LogP contribution is -2.30. The number of anilines is 1. The first-order chi connectivity index (χ1) is 14.5. The van der Waals surface area contributed by atoms with Gasteiger partial charge in [0.15, 0.2) is 0 Å². The third kappa shape index (κ3) is 3.77. The summed E-state index contributed by atoms with van der Waals surface area (Å²) in [6.07, 6.45) is 2.06. The van der Waals surface area contributed by atoms with Crippen molar-refractivity contribution in [3.05, 3.63) is 76.1 Å². The first kappa shape index (κ1) is 20.4. The van der Waals surface area contributed by atoms with Gasteiger partial charge in [-0.25, -0.2) is 0 Å². The van der Waals surface area contributed by atoms with Crippen LogP contribution in [0.3, 0.4) is 0 Å².